The molecule has 7 heteroatoms. The van der Waals surface area contributed by atoms with Crippen molar-refractivity contribution in [3.63, 3.8) is 0 Å². The average Bonchev–Trinajstić information content (AvgIpc) is 3.73. The Hall–Kier alpha value is -2.96. The van der Waals surface area contributed by atoms with Crippen LogP contribution in [0.25, 0.3) is 22.2 Å². The number of nitrogens with zero attached hydrogens (tertiary/aromatic N) is 2. The van der Waals surface area contributed by atoms with Gasteiger partial charge in [-0.2, -0.15) is 0 Å². The third-order valence-electron chi connectivity index (χ3n) is 6.36. The summed E-state index contributed by atoms with van der Waals surface area (Å²) in [4.78, 5) is 13.0. The molecule has 2 aliphatic carbocycles. The predicted octanol–water partition coefficient (Wildman–Crippen LogP) is 5.90. The molecule has 0 saturated heterocycles. The summed E-state index contributed by atoms with van der Waals surface area (Å²) in [5, 5.41) is 7.74. The van der Waals surface area contributed by atoms with E-state index in [2.05, 4.69) is 10.3 Å². The zero-order valence-corrected chi connectivity index (χ0v) is 19.1. The minimum atomic E-state index is -0.664. The number of carbonyl (C=O) groups is 1. The zero-order chi connectivity index (χ0) is 22.9. The van der Waals surface area contributed by atoms with Gasteiger partial charge in [0.25, 0.3) is 0 Å². The van der Waals surface area contributed by atoms with Crippen molar-refractivity contribution >= 4 is 17.0 Å². The topological polar surface area (TPSA) is 74.5 Å². The molecule has 1 unspecified atom stereocenters. The van der Waals surface area contributed by atoms with E-state index in [0.29, 0.717) is 59.4 Å². The maximum atomic E-state index is 15.5. The van der Waals surface area contributed by atoms with Crippen molar-refractivity contribution in [2.75, 3.05) is 13.2 Å². The highest BCUT2D eigenvalue weighted by atomic mass is 19.1. The highest BCUT2D eigenvalue weighted by Crippen LogP contribution is 2.40. The van der Waals surface area contributed by atoms with E-state index < -0.39 is 11.7 Å². The molecule has 0 bridgehead atoms. The van der Waals surface area contributed by atoms with Crippen LogP contribution in [0.2, 0.25) is 0 Å². The monoisotopic (exact) mass is 452 g/mol. The fourth-order valence-electron chi connectivity index (χ4n) is 4.03. The molecule has 0 N–H and O–H groups in total. The highest BCUT2D eigenvalue weighted by Gasteiger charge is 2.31. The number of halogens is 1. The standard InChI is InChI=1S/C26H29FN2O4/c1-15(2)9-21(26(30)32-14-17-5-6-17)20-12-25(31-13-16-3-4-16)19(11-22(20)27)18-7-8-23-24(10-18)29-33-28-23/h7-8,10-12,15-17,21H,3-6,9,13-14H2,1-2H3. The Morgan fingerprint density at radius 3 is 2.52 bits per heavy atom. The molecule has 0 amide bonds. The summed E-state index contributed by atoms with van der Waals surface area (Å²) in [6, 6.07) is 8.60. The number of fused-ring (bicyclic) bond motifs is 1. The molecule has 1 aromatic heterocycles. The first-order valence-electron chi connectivity index (χ1n) is 11.8. The van der Waals surface area contributed by atoms with Crippen LogP contribution in [0.1, 0.15) is 57.4 Å². The van der Waals surface area contributed by atoms with Crippen LogP contribution >= 0.6 is 0 Å². The summed E-state index contributed by atoms with van der Waals surface area (Å²) in [6.07, 6.45) is 4.98. The number of aromatic nitrogens is 2. The smallest absolute Gasteiger partial charge is 0.313 e. The number of rotatable bonds is 10. The summed E-state index contributed by atoms with van der Waals surface area (Å²) in [6.45, 7) is 5.05. The molecule has 2 fully saturated rings. The van der Waals surface area contributed by atoms with E-state index in [1.807, 2.05) is 19.9 Å². The molecule has 1 atom stereocenters. The SMILES string of the molecule is CC(C)CC(C(=O)OCC1CC1)c1cc(OCC2CC2)c(-c2ccc3nonc3c2)cc1F. The number of benzene rings is 2. The van der Waals surface area contributed by atoms with Gasteiger partial charge >= 0.3 is 5.97 Å². The first-order valence-corrected chi connectivity index (χ1v) is 11.8. The second-order valence-electron chi connectivity index (χ2n) is 9.85. The number of hydrogen-bond acceptors (Lipinski definition) is 6. The number of esters is 1. The Balaban J connectivity index is 1.51. The van der Waals surface area contributed by atoms with Crippen LogP contribution < -0.4 is 4.74 Å². The van der Waals surface area contributed by atoms with Crippen LogP contribution in [0, 0.1) is 23.6 Å². The van der Waals surface area contributed by atoms with Gasteiger partial charge in [-0.25, -0.2) is 9.02 Å². The Labute approximate surface area is 192 Å². The van der Waals surface area contributed by atoms with Crippen molar-refractivity contribution < 1.29 is 23.3 Å². The predicted molar refractivity (Wildman–Crippen MR) is 121 cm³/mol. The normalized spacial score (nSPS) is 16.8. The zero-order valence-electron chi connectivity index (χ0n) is 19.1. The number of hydrogen-bond donors (Lipinski definition) is 0. The molecule has 0 spiro atoms. The molecular formula is C26H29FN2O4. The van der Waals surface area contributed by atoms with Gasteiger partial charge in [0.05, 0.1) is 19.1 Å². The van der Waals surface area contributed by atoms with Gasteiger partial charge in [0.2, 0.25) is 0 Å². The third-order valence-corrected chi connectivity index (χ3v) is 6.36. The van der Waals surface area contributed by atoms with Crippen molar-refractivity contribution in [3.05, 3.63) is 41.7 Å². The average molecular weight is 453 g/mol. The molecule has 2 saturated carbocycles. The quantitative estimate of drug-likeness (QED) is 0.357. The lowest BCUT2D eigenvalue weighted by molar-refractivity contribution is -0.146. The molecule has 0 radical (unpaired) electrons. The minimum Gasteiger partial charge on any atom is -0.493 e. The molecule has 6 nitrogen and oxygen atoms in total. The highest BCUT2D eigenvalue weighted by molar-refractivity contribution is 5.84. The summed E-state index contributed by atoms with van der Waals surface area (Å²) in [5.74, 6) is 0.311. The second kappa shape index (κ2) is 9.12. The van der Waals surface area contributed by atoms with E-state index in [4.69, 9.17) is 14.1 Å². The fraction of sp³-hybridized carbons (Fsp3) is 0.500. The largest absolute Gasteiger partial charge is 0.493 e. The van der Waals surface area contributed by atoms with Crippen LogP contribution in [-0.4, -0.2) is 29.5 Å². The number of ether oxygens (including phenoxy) is 2. The maximum Gasteiger partial charge on any atom is 0.313 e. The van der Waals surface area contributed by atoms with Crippen LogP contribution in [0.5, 0.6) is 5.75 Å². The van der Waals surface area contributed by atoms with Gasteiger partial charge in [0, 0.05) is 11.1 Å². The molecule has 5 rings (SSSR count). The molecule has 3 aromatic rings. The molecular weight excluding hydrogens is 423 g/mol. The first kappa shape index (κ1) is 21.9. The fourth-order valence-corrected chi connectivity index (χ4v) is 4.03. The molecule has 174 valence electrons. The van der Waals surface area contributed by atoms with E-state index in [1.165, 1.54) is 6.07 Å². The number of carbonyl (C=O) groups excluding carboxylic acids is 1. The van der Waals surface area contributed by atoms with Crippen LogP contribution in [0.15, 0.2) is 35.0 Å². The molecule has 2 aromatic carbocycles. The Morgan fingerprint density at radius 2 is 1.79 bits per heavy atom. The Morgan fingerprint density at radius 1 is 1.06 bits per heavy atom. The second-order valence-corrected chi connectivity index (χ2v) is 9.85. The Bertz CT molecular complexity index is 1150. The minimum absolute atomic E-state index is 0.209. The van der Waals surface area contributed by atoms with E-state index >= 15 is 4.39 Å². The van der Waals surface area contributed by atoms with Crippen LogP contribution in [0.4, 0.5) is 4.39 Å². The maximum absolute atomic E-state index is 15.5. The van der Waals surface area contributed by atoms with Crippen LogP contribution in [0.3, 0.4) is 0 Å². The van der Waals surface area contributed by atoms with Crippen molar-refractivity contribution in [1.29, 1.82) is 0 Å². The van der Waals surface area contributed by atoms with Gasteiger partial charge in [-0.1, -0.05) is 19.9 Å². The van der Waals surface area contributed by atoms with Crippen molar-refractivity contribution in [3.8, 4) is 16.9 Å². The summed E-state index contributed by atoms with van der Waals surface area (Å²) in [5.41, 5.74) is 2.93. The van der Waals surface area contributed by atoms with Gasteiger partial charge in [0.15, 0.2) is 0 Å². The van der Waals surface area contributed by atoms with Crippen molar-refractivity contribution in [2.24, 2.45) is 17.8 Å². The molecule has 33 heavy (non-hydrogen) atoms. The third kappa shape index (κ3) is 5.18. The first-order chi connectivity index (χ1) is 16.0. The molecule has 1 heterocycles. The molecule has 2 aliphatic rings. The summed E-state index contributed by atoms with van der Waals surface area (Å²) >= 11 is 0. The van der Waals surface area contributed by atoms with Gasteiger partial charge in [-0.05, 0) is 90.0 Å². The van der Waals surface area contributed by atoms with E-state index in [-0.39, 0.29) is 11.9 Å². The van der Waals surface area contributed by atoms with Gasteiger partial charge in [-0.3, -0.25) is 4.79 Å². The van der Waals surface area contributed by atoms with Gasteiger partial charge in [0.1, 0.15) is 22.6 Å². The lowest BCUT2D eigenvalue weighted by Gasteiger charge is -2.21. The lowest BCUT2D eigenvalue weighted by Crippen LogP contribution is -2.20. The lowest BCUT2D eigenvalue weighted by atomic mass is 9.88. The van der Waals surface area contributed by atoms with E-state index in [9.17, 15) is 4.79 Å². The van der Waals surface area contributed by atoms with E-state index in [0.717, 1.165) is 31.2 Å². The van der Waals surface area contributed by atoms with Crippen molar-refractivity contribution in [1.82, 2.24) is 10.3 Å². The van der Waals surface area contributed by atoms with Crippen molar-refractivity contribution in [2.45, 2.75) is 51.9 Å². The Kier molecular flexibility index (Phi) is 6.04. The van der Waals surface area contributed by atoms with Crippen LogP contribution in [-0.2, 0) is 9.53 Å². The van der Waals surface area contributed by atoms with E-state index in [1.54, 1.807) is 18.2 Å². The summed E-state index contributed by atoms with van der Waals surface area (Å²) in [7, 11) is 0. The molecule has 0 aliphatic heterocycles. The summed E-state index contributed by atoms with van der Waals surface area (Å²) < 4.78 is 32.1. The van der Waals surface area contributed by atoms with Gasteiger partial charge in [-0.15, -0.1) is 0 Å². The van der Waals surface area contributed by atoms with Gasteiger partial charge < -0.3 is 9.47 Å².